The summed E-state index contributed by atoms with van der Waals surface area (Å²) in [5, 5.41) is 9.04. The fourth-order valence-electron chi connectivity index (χ4n) is 3.69. The number of nitrogens with zero attached hydrogens (tertiary/aromatic N) is 2. The smallest absolute Gasteiger partial charge is 0.354 e. The fraction of sp³-hybridized carbons (Fsp3) is 0.391. The zero-order valence-corrected chi connectivity index (χ0v) is 16.8. The average Bonchev–Trinajstić information content (AvgIpc) is 2.73. The Balaban J connectivity index is 1.59. The zero-order valence-electron chi connectivity index (χ0n) is 16.8. The van der Waals surface area contributed by atoms with Gasteiger partial charge in [-0.25, -0.2) is 9.78 Å². The predicted molar refractivity (Wildman–Crippen MR) is 109 cm³/mol. The number of Topliss-reactive ketones (excluding diaryl/α,β-unsaturated/α-hetero) is 1. The minimum absolute atomic E-state index is 0.103. The molecule has 152 valence electrons. The molecule has 1 N–H and O–H groups in total. The van der Waals surface area contributed by atoms with Gasteiger partial charge >= 0.3 is 5.97 Å². The zero-order chi connectivity index (χ0) is 21.0. The Morgan fingerprint density at radius 2 is 1.66 bits per heavy atom. The lowest BCUT2D eigenvalue weighted by Crippen LogP contribution is -2.40. The molecule has 29 heavy (non-hydrogen) atoms. The van der Waals surface area contributed by atoms with Crippen LogP contribution in [0.1, 0.15) is 63.6 Å². The van der Waals surface area contributed by atoms with Crippen LogP contribution in [0.5, 0.6) is 0 Å². The standard InChI is InChI=1S/C23H26N2O4/c1-15(2)14-16-6-8-17(9-7-16)21(26)18-10-12-25(13-11-18)22(27)19-4-3-5-20(24-19)23(28)29/h3-9,15,18H,10-14H2,1-2H3,(H,28,29). The van der Waals surface area contributed by atoms with E-state index in [1.54, 1.807) is 4.90 Å². The lowest BCUT2D eigenvalue weighted by Gasteiger charge is -2.31. The Bertz CT molecular complexity index is 897. The molecule has 1 fully saturated rings. The van der Waals surface area contributed by atoms with Gasteiger partial charge < -0.3 is 10.0 Å². The van der Waals surface area contributed by atoms with E-state index in [4.69, 9.17) is 5.11 Å². The van der Waals surface area contributed by atoms with E-state index < -0.39 is 5.97 Å². The maximum atomic E-state index is 12.8. The van der Waals surface area contributed by atoms with Crippen LogP contribution in [-0.2, 0) is 6.42 Å². The lowest BCUT2D eigenvalue weighted by molar-refractivity contribution is 0.0643. The monoisotopic (exact) mass is 394 g/mol. The first-order chi connectivity index (χ1) is 13.8. The summed E-state index contributed by atoms with van der Waals surface area (Å²) in [6.07, 6.45) is 2.18. The van der Waals surface area contributed by atoms with E-state index in [0.29, 0.717) is 31.8 Å². The van der Waals surface area contributed by atoms with Crippen LogP contribution in [0.3, 0.4) is 0 Å². The molecule has 6 heteroatoms. The first-order valence-electron chi connectivity index (χ1n) is 9.98. The van der Waals surface area contributed by atoms with Gasteiger partial charge in [0.2, 0.25) is 0 Å². The second-order valence-electron chi connectivity index (χ2n) is 7.94. The molecule has 0 spiro atoms. The third-order valence-electron chi connectivity index (χ3n) is 5.22. The second-order valence-corrected chi connectivity index (χ2v) is 7.94. The van der Waals surface area contributed by atoms with Gasteiger partial charge in [-0.2, -0.15) is 0 Å². The molecule has 2 aromatic rings. The number of piperidine rings is 1. The van der Waals surface area contributed by atoms with E-state index in [2.05, 4.69) is 18.8 Å². The van der Waals surface area contributed by atoms with Crippen LogP contribution >= 0.6 is 0 Å². The van der Waals surface area contributed by atoms with Crippen molar-refractivity contribution in [1.29, 1.82) is 0 Å². The van der Waals surface area contributed by atoms with Crippen molar-refractivity contribution in [2.24, 2.45) is 11.8 Å². The first kappa shape index (κ1) is 20.7. The molecule has 1 aliphatic rings. The number of hydrogen-bond donors (Lipinski definition) is 1. The first-order valence-corrected chi connectivity index (χ1v) is 9.98. The van der Waals surface area contributed by atoms with Crippen molar-refractivity contribution < 1.29 is 19.5 Å². The van der Waals surface area contributed by atoms with Crippen LogP contribution in [0.25, 0.3) is 0 Å². The number of likely N-dealkylation sites (tertiary alicyclic amines) is 1. The van der Waals surface area contributed by atoms with Gasteiger partial charge in [-0.1, -0.05) is 44.2 Å². The van der Waals surface area contributed by atoms with E-state index >= 15 is 0 Å². The highest BCUT2D eigenvalue weighted by atomic mass is 16.4. The summed E-state index contributed by atoms with van der Waals surface area (Å²) in [4.78, 5) is 42.1. The number of carbonyl (C=O) groups is 3. The average molecular weight is 394 g/mol. The highest BCUT2D eigenvalue weighted by Crippen LogP contribution is 2.23. The highest BCUT2D eigenvalue weighted by Gasteiger charge is 2.29. The van der Waals surface area contributed by atoms with Crippen molar-refractivity contribution in [2.45, 2.75) is 33.1 Å². The van der Waals surface area contributed by atoms with E-state index in [1.807, 2.05) is 24.3 Å². The molecule has 3 rings (SSSR count). The van der Waals surface area contributed by atoms with Crippen LogP contribution in [0.15, 0.2) is 42.5 Å². The number of ketones is 1. The molecular weight excluding hydrogens is 368 g/mol. The van der Waals surface area contributed by atoms with Gasteiger partial charge in [0, 0.05) is 24.6 Å². The van der Waals surface area contributed by atoms with Crippen LogP contribution < -0.4 is 0 Å². The number of benzene rings is 1. The summed E-state index contributed by atoms with van der Waals surface area (Å²) in [6.45, 7) is 5.25. The molecule has 0 unspecified atom stereocenters. The molecule has 2 heterocycles. The van der Waals surface area contributed by atoms with Gasteiger partial charge in [0.15, 0.2) is 5.78 Å². The Hall–Kier alpha value is -3.02. The number of carbonyl (C=O) groups excluding carboxylic acids is 2. The molecular formula is C23H26N2O4. The number of aromatic carboxylic acids is 1. The van der Waals surface area contributed by atoms with Crippen LogP contribution in [0.4, 0.5) is 0 Å². The topological polar surface area (TPSA) is 87.6 Å². The SMILES string of the molecule is CC(C)Cc1ccc(C(=O)C2CCN(C(=O)c3cccc(C(=O)O)n3)CC2)cc1. The molecule has 0 bridgehead atoms. The molecule has 1 saturated heterocycles. The molecule has 1 aliphatic heterocycles. The number of aromatic nitrogens is 1. The van der Waals surface area contributed by atoms with Gasteiger partial charge in [0.25, 0.3) is 5.91 Å². The molecule has 0 aliphatic carbocycles. The maximum absolute atomic E-state index is 12.8. The van der Waals surface area contributed by atoms with E-state index in [-0.39, 0.29) is 29.0 Å². The Kier molecular flexibility index (Phi) is 6.42. The van der Waals surface area contributed by atoms with Crippen LogP contribution in [0, 0.1) is 11.8 Å². The number of pyridine rings is 1. The number of amides is 1. The lowest BCUT2D eigenvalue weighted by atomic mass is 9.88. The normalized spacial score (nSPS) is 14.8. The third kappa shape index (κ3) is 5.08. The molecule has 0 atom stereocenters. The van der Waals surface area contributed by atoms with Crippen molar-refractivity contribution >= 4 is 17.7 Å². The Morgan fingerprint density at radius 1 is 1.03 bits per heavy atom. The summed E-state index contributed by atoms with van der Waals surface area (Å²) in [5.74, 6) is -0.864. The summed E-state index contributed by atoms with van der Waals surface area (Å²) in [6, 6.07) is 12.2. The third-order valence-corrected chi connectivity index (χ3v) is 5.22. The van der Waals surface area contributed by atoms with Gasteiger partial charge in [0.05, 0.1) is 0 Å². The minimum Gasteiger partial charge on any atom is -0.477 e. The molecule has 0 saturated carbocycles. The Morgan fingerprint density at radius 3 is 2.24 bits per heavy atom. The molecule has 0 radical (unpaired) electrons. The maximum Gasteiger partial charge on any atom is 0.354 e. The fourth-order valence-corrected chi connectivity index (χ4v) is 3.69. The predicted octanol–water partition coefficient (Wildman–Crippen LogP) is 3.71. The molecule has 1 aromatic heterocycles. The van der Waals surface area contributed by atoms with Crippen LogP contribution in [0.2, 0.25) is 0 Å². The molecule has 1 aromatic carbocycles. The van der Waals surface area contributed by atoms with Gasteiger partial charge in [-0.3, -0.25) is 9.59 Å². The van der Waals surface area contributed by atoms with Crippen molar-refractivity contribution in [2.75, 3.05) is 13.1 Å². The number of carboxylic acid groups (broad SMARTS) is 1. The van der Waals surface area contributed by atoms with E-state index in [1.165, 1.54) is 23.8 Å². The number of hydrogen-bond acceptors (Lipinski definition) is 4. The summed E-state index contributed by atoms with van der Waals surface area (Å²) < 4.78 is 0. The number of carboxylic acids is 1. The van der Waals surface area contributed by atoms with E-state index in [0.717, 1.165) is 12.0 Å². The summed E-state index contributed by atoms with van der Waals surface area (Å²) in [7, 11) is 0. The summed E-state index contributed by atoms with van der Waals surface area (Å²) >= 11 is 0. The number of rotatable bonds is 6. The quantitative estimate of drug-likeness (QED) is 0.755. The Labute approximate surface area is 170 Å². The van der Waals surface area contributed by atoms with Gasteiger partial charge in [0.1, 0.15) is 11.4 Å². The summed E-state index contributed by atoms with van der Waals surface area (Å²) in [5.41, 5.74) is 1.92. The highest BCUT2D eigenvalue weighted by molar-refractivity contribution is 5.98. The van der Waals surface area contributed by atoms with Crippen molar-refractivity contribution in [3.63, 3.8) is 0 Å². The van der Waals surface area contributed by atoms with Crippen molar-refractivity contribution in [1.82, 2.24) is 9.88 Å². The van der Waals surface area contributed by atoms with Crippen molar-refractivity contribution in [3.8, 4) is 0 Å². The van der Waals surface area contributed by atoms with Crippen molar-refractivity contribution in [3.05, 3.63) is 65.0 Å². The van der Waals surface area contributed by atoms with E-state index in [9.17, 15) is 14.4 Å². The van der Waals surface area contributed by atoms with Gasteiger partial charge in [-0.15, -0.1) is 0 Å². The minimum atomic E-state index is -1.16. The molecule has 6 nitrogen and oxygen atoms in total. The van der Waals surface area contributed by atoms with Crippen LogP contribution in [-0.4, -0.2) is 45.7 Å². The largest absolute Gasteiger partial charge is 0.477 e. The van der Waals surface area contributed by atoms with Gasteiger partial charge in [-0.05, 0) is 42.9 Å². The second kappa shape index (κ2) is 8.99. The molecule has 1 amide bonds.